The van der Waals surface area contributed by atoms with E-state index in [-0.39, 0.29) is 6.29 Å². The number of ether oxygens (including phenoxy) is 2. The molecule has 2 aliphatic heterocycles. The minimum absolute atomic E-state index is 0.140. The van der Waals surface area contributed by atoms with Crippen molar-refractivity contribution in [1.29, 1.82) is 0 Å². The topological polar surface area (TPSA) is 51.0 Å². The summed E-state index contributed by atoms with van der Waals surface area (Å²) in [6.45, 7) is 5.60. The zero-order valence-electron chi connectivity index (χ0n) is 13.8. The van der Waals surface area contributed by atoms with Crippen molar-refractivity contribution in [2.45, 2.75) is 56.9 Å². The van der Waals surface area contributed by atoms with Gasteiger partial charge in [-0.1, -0.05) is 6.42 Å². The van der Waals surface area contributed by atoms with Crippen molar-refractivity contribution in [1.82, 2.24) is 9.80 Å². The van der Waals surface area contributed by atoms with E-state index in [0.717, 1.165) is 25.6 Å². The van der Waals surface area contributed by atoms with Crippen molar-refractivity contribution in [3.05, 3.63) is 0 Å². The monoisotopic (exact) mass is 299 g/mol. The molecular weight excluding hydrogens is 266 g/mol. The molecule has 2 saturated heterocycles. The molecule has 0 aromatic rings. The molecule has 5 nitrogen and oxygen atoms in total. The predicted molar refractivity (Wildman–Crippen MR) is 85.3 cm³/mol. The van der Waals surface area contributed by atoms with Crippen molar-refractivity contribution in [2.75, 3.05) is 46.9 Å². The Kier molecular flexibility index (Phi) is 7.40. The second-order valence-corrected chi connectivity index (χ2v) is 6.39. The van der Waals surface area contributed by atoms with Crippen molar-refractivity contribution < 1.29 is 9.47 Å². The fourth-order valence-electron chi connectivity index (χ4n) is 3.80. The van der Waals surface area contributed by atoms with Crippen LogP contribution in [0.5, 0.6) is 0 Å². The normalized spacial score (nSPS) is 24.6. The van der Waals surface area contributed by atoms with E-state index in [1.54, 1.807) is 14.2 Å². The van der Waals surface area contributed by atoms with Crippen molar-refractivity contribution in [2.24, 2.45) is 5.73 Å². The Balaban J connectivity index is 1.78. The lowest BCUT2D eigenvalue weighted by atomic mass is 9.98. The van der Waals surface area contributed by atoms with Crippen LogP contribution in [-0.2, 0) is 9.47 Å². The number of hydrogen-bond donors (Lipinski definition) is 1. The van der Waals surface area contributed by atoms with Crippen LogP contribution in [0.3, 0.4) is 0 Å². The molecule has 21 heavy (non-hydrogen) atoms. The number of nitrogens with zero attached hydrogens (tertiary/aromatic N) is 2. The number of nitrogens with two attached hydrogens (primary N) is 1. The maximum absolute atomic E-state index is 5.98. The van der Waals surface area contributed by atoms with E-state index in [4.69, 9.17) is 15.2 Å². The molecule has 1 atom stereocenters. The molecule has 0 aromatic heterocycles. The number of methoxy groups -OCH3 is 2. The van der Waals surface area contributed by atoms with Crippen LogP contribution < -0.4 is 5.73 Å². The summed E-state index contributed by atoms with van der Waals surface area (Å²) in [5, 5.41) is 0. The summed E-state index contributed by atoms with van der Waals surface area (Å²) < 4.78 is 10.7. The van der Waals surface area contributed by atoms with Gasteiger partial charge in [0, 0.05) is 39.3 Å². The standard InChI is InChI=1S/C16H33N3O2/c1-20-16(21-2)12-15(13-17)19-10-6-14(7-11-19)18-8-4-3-5-9-18/h14-16H,3-13,17H2,1-2H3. The molecular formula is C16H33N3O2. The van der Waals surface area contributed by atoms with Gasteiger partial charge in [-0.25, -0.2) is 0 Å². The third-order valence-corrected chi connectivity index (χ3v) is 5.18. The van der Waals surface area contributed by atoms with Crippen LogP contribution in [-0.4, -0.2) is 75.1 Å². The molecule has 2 fully saturated rings. The first-order valence-corrected chi connectivity index (χ1v) is 8.52. The van der Waals surface area contributed by atoms with Crippen molar-refractivity contribution in [3.63, 3.8) is 0 Å². The van der Waals surface area contributed by atoms with Crippen LogP contribution in [0, 0.1) is 0 Å². The SMILES string of the molecule is COC(CC(CN)N1CCC(N2CCCCC2)CC1)OC. The lowest BCUT2D eigenvalue weighted by molar-refractivity contribution is -0.118. The van der Waals surface area contributed by atoms with Crippen molar-refractivity contribution >= 4 is 0 Å². The number of hydrogen-bond acceptors (Lipinski definition) is 5. The maximum Gasteiger partial charge on any atom is 0.158 e. The van der Waals surface area contributed by atoms with E-state index < -0.39 is 0 Å². The quantitative estimate of drug-likeness (QED) is 0.718. The van der Waals surface area contributed by atoms with Gasteiger partial charge in [-0.05, 0) is 51.9 Å². The molecule has 2 N–H and O–H groups in total. The highest BCUT2D eigenvalue weighted by molar-refractivity contribution is 4.85. The van der Waals surface area contributed by atoms with E-state index in [1.165, 1.54) is 45.2 Å². The zero-order valence-corrected chi connectivity index (χ0v) is 13.8. The summed E-state index contributed by atoms with van der Waals surface area (Å²) in [6, 6.07) is 1.16. The van der Waals surface area contributed by atoms with Gasteiger partial charge in [0.25, 0.3) is 0 Å². The second kappa shape index (κ2) is 9.06. The lowest BCUT2D eigenvalue weighted by Crippen LogP contribution is -2.51. The molecule has 0 aromatic carbocycles. The summed E-state index contributed by atoms with van der Waals surface area (Å²) in [6.07, 6.45) is 7.46. The van der Waals surface area contributed by atoms with Crippen LogP contribution in [0.2, 0.25) is 0 Å². The molecule has 0 bridgehead atoms. The van der Waals surface area contributed by atoms with E-state index in [9.17, 15) is 0 Å². The van der Waals surface area contributed by atoms with Crippen LogP contribution >= 0.6 is 0 Å². The highest BCUT2D eigenvalue weighted by Gasteiger charge is 2.29. The minimum Gasteiger partial charge on any atom is -0.356 e. The first-order valence-electron chi connectivity index (χ1n) is 8.52. The Hall–Kier alpha value is -0.200. The summed E-state index contributed by atoms with van der Waals surface area (Å²) in [5.41, 5.74) is 5.98. The van der Waals surface area contributed by atoms with Crippen LogP contribution in [0.4, 0.5) is 0 Å². The fourth-order valence-corrected chi connectivity index (χ4v) is 3.80. The minimum atomic E-state index is -0.140. The fraction of sp³-hybridized carbons (Fsp3) is 1.00. The smallest absolute Gasteiger partial charge is 0.158 e. The van der Waals surface area contributed by atoms with Gasteiger partial charge < -0.3 is 20.1 Å². The van der Waals surface area contributed by atoms with E-state index >= 15 is 0 Å². The first kappa shape index (κ1) is 17.2. The van der Waals surface area contributed by atoms with Gasteiger partial charge in [0.15, 0.2) is 6.29 Å². The second-order valence-electron chi connectivity index (χ2n) is 6.39. The van der Waals surface area contributed by atoms with Crippen molar-refractivity contribution in [3.8, 4) is 0 Å². The molecule has 2 aliphatic rings. The molecule has 2 heterocycles. The molecule has 0 aliphatic carbocycles. The van der Waals surface area contributed by atoms with Crippen LogP contribution in [0.25, 0.3) is 0 Å². The highest BCUT2D eigenvalue weighted by Crippen LogP contribution is 2.23. The first-order chi connectivity index (χ1) is 10.3. The van der Waals surface area contributed by atoms with Crippen LogP contribution in [0.1, 0.15) is 38.5 Å². The molecule has 1 unspecified atom stereocenters. The van der Waals surface area contributed by atoms with E-state index in [2.05, 4.69) is 9.80 Å². The zero-order chi connectivity index (χ0) is 15.1. The van der Waals surface area contributed by atoms with Gasteiger partial charge in [-0.3, -0.25) is 4.90 Å². The molecule has 5 heteroatoms. The predicted octanol–water partition coefficient (Wildman–Crippen LogP) is 1.27. The Morgan fingerprint density at radius 1 is 1.00 bits per heavy atom. The molecule has 0 saturated carbocycles. The van der Waals surface area contributed by atoms with E-state index in [0.29, 0.717) is 12.6 Å². The average Bonchev–Trinajstić information content (AvgIpc) is 2.57. The average molecular weight is 299 g/mol. The molecule has 124 valence electrons. The van der Waals surface area contributed by atoms with Gasteiger partial charge in [-0.15, -0.1) is 0 Å². The maximum atomic E-state index is 5.98. The third-order valence-electron chi connectivity index (χ3n) is 5.18. The molecule has 0 spiro atoms. The summed E-state index contributed by atoms with van der Waals surface area (Å²) in [5.74, 6) is 0. The number of piperidine rings is 2. The Morgan fingerprint density at radius 2 is 1.62 bits per heavy atom. The summed E-state index contributed by atoms with van der Waals surface area (Å²) in [7, 11) is 3.40. The summed E-state index contributed by atoms with van der Waals surface area (Å²) in [4.78, 5) is 5.25. The number of rotatable bonds is 7. The van der Waals surface area contributed by atoms with Gasteiger partial charge in [0.05, 0.1) is 0 Å². The van der Waals surface area contributed by atoms with Gasteiger partial charge in [0.1, 0.15) is 0 Å². The Labute approximate surface area is 129 Å². The lowest BCUT2D eigenvalue weighted by Gasteiger charge is -2.42. The van der Waals surface area contributed by atoms with Gasteiger partial charge in [-0.2, -0.15) is 0 Å². The largest absolute Gasteiger partial charge is 0.356 e. The van der Waals surface area contributed by atoms with Gasteiger partial charge >= 0.3 is 0 Å². The molecule has 2 rings (SSSR count). The molecule has 0 amide bonds. The number of likely N-dealkylation sites (tertiary alicyclic amines) is 2. The Bertz CT molecular complexity index is 273. The molecule has 0 radical (unpaired) electrons. The Morgan fingerprint density at radius 3 is 2.14 bits per heavy atom. The summed E-state index contributed by atoms with van der Waals surface area (Å²) >= 11 is 0. The highest BCUT2D eigenvalue weighted by atomic mass is 16.7. The van der Waals surface area contributed by atoms with Gasteiger partial charge in [0.2, 0.25) is 0 Å². The van der Waals surface area contributed by atoms with E-state index in [1.807, 2.05) is 0 Å². The third kappa shape index (κ3) is 4.89. The van der Waals surface area contributed by atoms with Crippen LogP contribution in [0.15, 0.2) is 0 Å².